The van der Waals surface area contributed by atoms with E-state index in [0.717, 1.165) is 24.5 Å². The molecule has 8 nitrogen and oxygen atoms in total. The molecule has 9 heteroatoms. The molecule has 1 atom stereocenters. The van der Waals surface area contributed by atoms with Crippen LogP contribution in [0.25, 0.3) is 0 Å². The summed E-state index contributed by atoms with van der Waals surface area (Å²) in [5.41, 5.74) is 0.816. The van der Waals surface area contributed by atoms with Gasteiger partial charge in [0.2, 0.25) is 10.0 Å². The van der Waals surface area contributed by atoms with Gasteiger partial charge < -0.3 is 14.8 Å². The van der Waals surface area contributed by atoms with Gasteiger partial charge in [-0.1, -0.05) is 43.7 Å². The Balaban J connectivity index is 2.07. The van der Waals surface area contributed by atoms with E-state index in [1.54, 1.807) is 0 Å². The molecular weight excluding hydrogens is 396 g/mol. The number of nitrogens with one attached hydrogen (secondary N) is 1. The highest BCUT2D eigenvalue weighted by Gasteiger charge is 2.20. The average molecular weight is 420 g/mol. The highest BCUT2D eigenvalue weighted by molar-refractivity contribution is 7.89. The fourth-order valence-corrected chi connectivity index (χ4v) is 3.30. The Labute approximate surface area is 170 Å². The van der Waals surface area contributed by atoms with Crippen molar-refractivity contribution >= 4 is 21.9 Å². The lowest BCUT2D eigenvalue weighted by Gasteiger charge is -2.18. The normalized spacial score (nSPS) is 12.1. The molecule has 0 aromatic heterocycles. The summed E-state index contributed by atoms with van der Waals surface area (Å²) in [6.45, 7) is 1.49. The van der Waals surface area contributed by atoms with Gasteiger partial charge in [-0.3, -0.25) is 4.79 Å². The van der Waals surface area contributed by atoms with Gasteiger partial charge in [-0.15, -0.1) is 0 Å². The van der Waals surface area contributed by atoms with Crippen molar-refractivity contribution in [2.24, 2.45) is 5.14 Å². The molecule has 0 spiro atoms. The molecule has 0 radical (unpaired) electrons. The number of benzene rings is 2. The number of ether oxygens (including phenoxy) is 2. The lowest BCUT2D eigenvalue weighted by atomic mass is 10.0. The van der Waals surface area contributed by atoms with Gasteiger partial charge in [0.15, 0.2) is 6.61 Å². The molecule has 2 aromatic carbocycles. The zero-order valence-corrected chi connectivity index (χ0v) is 17.1. The monoisotopic (exact) mass is 420 g/mol. The quantitative estimate of drug-likeness (QED) is 0.599. The minimum absolute atomic E-state index is 0.107. The lowest BCUT2D eigenvalue weighted by molar-refractivity contribution is -0.125. The number of esters is 1. The second kappa shape index (κ2) is 10.0. The standard InChI is InChI=1S/C20H24N2O6S/c1-3-7-17(14-8-5-4-6-9-14)22-19(23)13-28-20(24)16-12-15(29(21,25)26)10-11-18(16)27-2/h4-6,8-12,17H,3,7,13H2,1-2H3,(H,22,23)(H2,21,25,26)/t17-/m0/s1. The van der Waals surface area contributed by atoms with Crippen LogP contribution in [0.5, 0.6) is 5.75 Å². The van der Waals surface area contributed by atoms with Crippen LogP contribution in [0.4, 0.5) is 0 Å². The molecule has 0 saturated carbocycles. The van der Waals surface area contributed by atoms with Crippen LogP contribution in [0.1, 0.15) is 41.7 Å². The van der Waals surface area contributed by atoms with Gasteiger partial charge in [-0.2, -0.15) is 0 Å². The Hall–Kier alpha value is -2.91. The minimum Gasteiger partial charge on any atom is -0.496 e. The maximum absolute atomic E-state index is 12.4. The second-order valence-electron chi connectivity index (χ2n) is 6.30. The summed E-state index contributed by atoms with van der Waals surface area (Å²) in [7, 11) is -2.69. The minimum atomic E-state index is -4.01. The first-order valence-electron chi connectivity index (χ1n) is 8.98. The van der Waals surface area contributed by atoms with E-state index in [2.05, 4.69) is 5.32 Å². The number of carbonyl (C=O) groups is 2. The maximum Gasteiger partial charge on any atom is 0.342 e. The molecule has 3 N–H and O–H groups in total. The number of carbonyl (C=O) groups excluding carboxylic acids is 2. The molecule has 0 saturated heterocycles. The SMILES string of the molecule is CCC[C@H](NC(=O)COC(=O)c1cc(S(N)(=O)=O)ccc1OC)c1ccccc1. The van der Waals surface area contributed by atoms with Crippen LogP contribution in [0.15, 0.2) is 53.4 Å². The molecule has 0 bridgehead atoms. The maximum atomic E-state index is 12.4. The van der Waals surface area contributed by atoms with Crippen molar-refractivity contribution in [1.29, 1.82) is 0 Å². The van der Waals surface area contributed by atoms with Crippen molar-refractivity contribution in [2.75, 3.05) is 13.7 Å². The van der Waals surface area contributed by atoms with E-state index < -0.39 is 28.5 Å². The van der Waals surface area contributed by atoms with Crippen LogP contribution >= 0.6 is 0 Å². The molecule has 0 aliphatic heterocycles. The molecule has 2 rings (SSSR count). The lowest BCUT2D eigenvalue weighted by Crippen LogP contribution is -2.32. The van der Waals surface area contributed by atoms with Crippen LogP contribution in [0.2, 0.25) is 0 Å². The van der Waals surface area contributed by atoms with E-state index in [9.17, 15) is 18.0 Å². The third kappa shape index (κ3) is 6.30. The summed E-state index contributed by atoms with van der Waals surface area (Å²) < 4.78 is 33.1. The summed E-state index contributed by atoms with van der Waals surface area (Å²) in [6, 6.07) is 12.8. The first kappa shape index (κ1) is 22.4. The van der Waals surface area contributed by atoms with Gasteiger partial charge in [-0.05, 0) is 30.2 Å². The number of methoxy groups -OCH3 is 1. The van der Waals surface area contributed by atoms with E-state index >= 15 is 0 Å². The molecule has 0 heterocycles. The Bertz CT molecular complexity index is 960. The summed E-state index contributed by atoms with van der Waals surface area (Å²) in [6.07, 6.45) is 1.59. The summed E-state index contributed by atoms with van der Waals surface area (Å²) in [4.78, 5) is 24.4. The Morgan fingerprint density at radius 1 is 1.14 bits per heavy atom. The number of hydrogen-bond acceptors (Lipinski definition) is 6. The zero-order chi connectivity index (χ0) is 21.4. The number of primary sulfonamides is 1. The van der Waals surface area contributed by atoms with Gasteiger partial charge in [-0.25, -0.2) is 18.4 Å². The van der Waals surface area contributed by atoms with Crippen LogP contribution in [-0.4, -0.2) is 34.0 Å². The molecule has 1 amide bonds. The fraction of sp³-hybridized carbons (Fsp3) is 0.300. The van der Waals surface area contributed by atoms with Crippen LogP contribution in [0.3, 0.4) is 0 Å². The van der Waals surface area contributed by atoms with Gasteiger partial charge >= 0.3 is 5.97 Å². The number of hydrogen-bond donors (Lipinski definition) is 2. The molecule has 0 aliphatic rings. The topological polar surface area (TPSA) is 125 Å². The van der Waals surface area contributed by atoms with E-state index in [-0.39, 0.29) is 22.3 Å². The molecule has 0 aliphatic carbocycles. The third-order valence-electron chi connectivity index (χ3n) is 4.17. The van der Waals surface area contributed by atoms with E-state index in [0.29, 0.717) is 0 Å². The number of nitrogens with two attached hydrogens (primary N) is 1. The van der Waals surface area contributed by atoms with Crippen LogP contribution in [-0.2, 0) is 19.6 Å². The first-order valence-corrected chi connectivity index (χ1v) is 10.5. The van der Waals surface area contributed by atoms with Gasteiger partial charge in [0, 0.05) is 0 Å². The molecule has 0 fully saturated rings. The van der Waals surface area contributed by atoms with Gasteiger partial charge in [0.05, 0.1) is 18.0 Å². The molecule has 2 aromatic rings. The third-order valence-corrected chi connectivity index (χ3v) is 5.08. The fourth-order valence-electron chi connectivity index (χ4n) is 2.76. The van der Waals surface area contributed by atoms with Crippen molar-refractivity contribution < 1.29 is 27.5 Å². The van der Waals surface area contributed by atoms with E-state index in [1.807, 2.05) is 37.3 Å². The van der Waals surface area contributed by atoms with Gasteiger partial charge in [0.25, 0.3) is 5.91 Å². The highest BCUT2D eigenvalue weighted by Crippen LogP contribution is 2.23. The Morgan fingerprint density at radius 2 is 1.83 bits per heavy atom. The predicted molar refractivity (Wildman–Crippen MR) is 107 cm³/mol. The highest BCUT2D eigenvalue weighted by atomic mass is 32.2. The van der Waals surface area contributed by atoms with Crippen molar-refractivity contribution in [1.82, 2.24) is 5.32 Å². The largest absolute Gasteiger partial charge is 0.496 e. The number of sulfonamides is 1. The van der Waals surface area contributed by atoms with E-state index in [4.69, 9.17) is 14.6 Å². The molecule has 0 unspecified atom stereocenters. The molecule has 29 heavy (non-hydrogen) atoms. The van der Waals surface area contributed by atoms with Crippen molar-refractivity contribution in [3.8, 4) is 5.75 Å². The summed E-state index contributed by atoms with van der Waals surface area (Å²) in [5.74, 6) is -1.26. The number of amides is 1. The van der Waals surface area contributed by atoms with Crippen molar-refractivity contribution in [3.05, 3.63) is 59.7 Å². The van der Waals surface area contributed by atoms with Crippen LogP contribution < -0.4 is 15.2 Å². The first-order chi connectivity index (χ1) is 13.8. The predicted octanol–water partition coefficient (Wildman–Crippen LogP) is 2.16. The average Bonchev–Trinajstić information content (AvgIpc) is 2.71. The summed E-state index contributed by atoms with van der Waals surface area (Å²) >= 11 is 0. The smallest absolute Gasteiger partial charge is 0.342 e. The van der Waals surface area contributed by atoms with Crippen molar-refractivity contribution in [2.45, 2.75) is 30.7 Å². The Kier molecular flexibility index (Phi) is 7.74. The summed E-state index contributed by atoms with van der Waals surface area (Å²) in [5, 5.41) is 7.94. The number of rotatable bonds is 9. The molecule has 156 valence electrons. The van der Waals surface area contributed by atoms with Crippen LogP contribution in [0, 0.1) is 0 Å². The van der Waals surface area contributed by atoms with Gasteiger partial charge in [0.1, 0.15) is 11.3 Å². The van der Waals surface area contributed by atoms with Crippen molar-refractivity contribution in [3.63, 3.8) is 0 Å². The Morgan fingerprint density at radius 3 is 2.41 bits per heavy atom. The molecular formula is C20H24N2O6S. The second-order valence-corrected chi connectivity index (χ2v) is 7.86. The zero-order valence-electron chi connectivity index (χ0n) is 16.3. The van der Waals surface area contributed by atoms with E-state index in [1.165, 1.54) is 19.2 Å².